The first-order chi connectivity index (χ1) is 20.2. The van der Waals surface area contributed by atoms with E-state index in [-0.39, 0.29) is 47.0 Å². The zero-order chi connectivity index (χ0) is 30.0. The Balaban J connectivity index is 1.42. The maximum absolute atomic E-state index is 15.2. The highest BCUT2D eigenvalue weighted by Gasteiger charge is 2.20. The lowest BCUT2D eigenvalue weighted by atomic mass is 10.0. The largest absolute Gasteiger partial charge is 0.453 e. The van der Waals surface area contributed by atoms with Crippen molar-refractivity contribution in [1.82, 2.24) is 18.7 Å². The van der Waals surface area contributed by atoms with Crippen molar-refractivity contribution in [2.75, 3.05) is 12.4 Å². The Labute approximate surface area is 236 Å². The highest BCUT2D eigenvalue weighted by atomic mass is 19.1. The van der Waals surface area contributed by atoms with E-state index in [1.54, 1.807) is 13.0 Å². The van der Waals surface area contributed by atoms with Gasteiger partial charge in [0, 0.05) is 25.2 Å². The first-order valence-electron chi connectivity index (χ1n) is 12.6. The van der Waals surface area contributed by atoms with Crippen LogP contribution in [0.4, 0.5) is 19.3 Å². The summed E-state index contributed by atoms with van der Waals surface area (Å²) in [5.41, 5.74) is -0.692. The summed E-state index contributed by atoms with van der Waals surface area (Å²) in [5, 5.41) is 6.61. The number of carbonyl (C=O) groups is 2. The number of ether oxygens (including phenoxy) is 2. The number of nitrogens with one attached hydrogen (secondary N) is 1. The molecule has 0 saturated heterocycles. The van der Waals surface area contributed by atoms with Gasteiger partial charge >= 0.3 is 11.8 Å². The maximum Gasteiger partial charge on any atom is 0.411 e. The number of carbonyl (C=O) groups excluding carboxylic acids is 2. The number of anilines is 1. The molecule has 13 heteroatoms. The number of aryl methyl sites for hydroxylation is 1. The standard InChI is InChI=1S/C29H23F2N5O6/c1-3-34-16-21(27(38)36(29(34)40)20-7-5-18(30)6-8-20)24(37)13-17-4-9-25(22(31)12-17)42-26-14-19(33-28(39)41-2)15-35-23(26)10-11-32-35/h4-12,14-16H,3,13H2,1-2H3,(H,33,39). The Hall–Kier alpha value is -5.59. The van der Waals surface area contributed by atoms with E-state index in [9.17, 15) is 23.6 Å². The van der Waals surface area contributed by atoms with Crippen LogP contribution in [0.25, 0.3) is 11.2 Å². The number of halogens is 2. The summed E-state index contributed by atoms with van der Waals surface area (Å²) in [6.07, 6.45) is 3.14. The number of nitrogens with zero attached hydrogens (tertiary/aromatic N) is 4. The third-order valence-corrected chi connectivity index (χ3v) is 6.36. The highest BCUT2D eigenvalue weighted by molar-refractivity contribution is 5.97. The lowest BCUT2D eigenvalue weighted by molar-refractivity contribution is 0.0990. The molecule has 0 saturated carbocycles. The summed E-state index contributed by atoms with van der Waals surface area (Å²) in [4.78, 5) is 50.9. The van der Waals surface area contributed by atoms with Crippen molar-refractivity contribution in [1.29, 1.82) is 0 Å². The average molecular weight is 576 g/mol. The molecule has 214 valence electrons. The average Bonchev–Trinajstić information content (AvgIpc) is 3.44. The number of hydrogen-bond donors (Lipinski definition) is 1. The number of ketones is 1. The van der Waals surface area contributed by atoms with E-state index in [1.807, 2.05) is 0 Å². The Morgan fingerprint density at radius 2 is 1.74 bits per heavy atom. The topological polar surface area (TPSA) is 126 Å². The number of rotatable bonds is 8. The Morgan fingerprint density at radius 1 is 0.976 bits per heavy atom. The van der Waals surface area contributed by atoms with Crippen LogP contribution >= 0.6 is 0 Å². The van der Waals surface area contributed by atoms with Crippen molar-refractivity contribution in [3.8, 4) is 17.2 Å². The molecule has 1 N–H and O–H groups in total. The Kier molecular flexibility index (Phi) is 7.65. The molecule has 5 aromatic rings. The van der Waals surface area contributed by atoms with Gasteiger partial charge in [-0.3, -0.25) is 19.5 Å². The molecule has 42 heavy (non-hydrogen) atoms. The third-order valence-electron chi connectivity index (χ3n) is 6.36. The minimum atomic E-state index is -0.869. The molecule has 0 fully saturated rings. The molecular formula is C29H23F2N5O6. The number of Topliss-reactive ketones (excluding diaryl/α,β-unsaturated/α-hetero) is 1. The molecule has 0 aliphatic carbocycles. The second kappa shape index (κ2) is 11.5. The van der Waals surface area contributed by atoms with Crippen molar-refractivity contribution in [2.24, 2.45) is 0 Å². The van der Waals surface area contributed by atoms with Crippen LogP contribution in [0.3, 0.4) is 0 Å². The van der Waals surface area contributed by atoms with E-state index >= 15 is 4.39 Å². The molecule has 0 bridgehead atoms. The molecule has 0 radical (unpaired) electrons. The van der Waals surface area contributed by atoms with E-state index in [1.165, 1.54) is 65.1 Å². The summed E-state index contributed by atoms with van der Waals surface area (Å²) >= 11 is 0. The van der Waals surface area contributed by atoms with Crippen LogP contribution in [0.5, 0.6) is 11.5 Å². The van der Waals surface area contributed by atoms with E-state index in [4.69, 9.17) is 4.74 Å². The highest BCUT2D eigenvalue weighted by Crippen LogP contribution is 2.31. The molecule has 11 nitrogen and oxygen atoms in total. The van der Waals surface area contributed by atoms with Crippen LogP contribution in [-0.2, 0) is 17.7 Å². The lowest BCUT2D eigenvalue weighted by Gasteiger charge is -2.13. The van der Waals surface area contributed by atoms with Crippen LogP contribution in [0.1, 0.15) is 22.8 Å². The number of amides is 1. The van der Waals surface area contributed by atoms with Gasteiger partial charge < -0.3 is 9.47 Å². The number of pyridine rings is 1. The molecule has 0 aliphatic heterocycles. The first kappa shape index (κ1) is 28.0. The molecule has 5 rings (SSSR count). The molecule has 3 aromatic heterocycles. The van der Waals surface area contributed by atoms with Gasteiger partial charge in [0.2, 0.25) is 0 Å². The van der Waals surface area contributed by atoms with Crippen molar-refractivity contribution in [3.63, 3.8) is 0 Å². The van der Waals surface area contributed by atoms with Crippen molar-refractivity contribution < 1.29 is 27.8 Å². The SMILES string of the molecule is CCn1cc(C(=O)Cc2ccc(Oc3cc(NC(=O)OC)cn4nccc34)c(F)c2)c(=O)n(-c2ccc(F)cc2)c1=O. The van der Waals surface area contributed by atoms with Gasteiger partial charge in [0.1, 0.15) is 16.9 Å². The monoisotopic (exact) mass is 575 g/mol. The zero-order valence-electron chi connectivity index (χ0n) is 22.3. The molecule has 0 spiro atoms. The van der Waals surface area contributed by atoms with Crippen molar-refractivity contribution >= 4 is 23.1 Å². The first-order valence-corrected chi connectivity index (χ1v) is 12.6. The predicted octanol–water partition coefficient (Wildman–Crippen LogP) is 4.34. The van der Waals surface area contributed by atoms with Crippen molar-refractivity contribution in [2.45, 2.75) is 19.9 Å². The normalized spacial score (nSPS) is 11.0. The number of methoxy groups -OCH3 is 1. The van der Waals surface area contributed by atoms with Crippen LogP contribution in [-0.4, -0.2) is 37.7 Å². The summed E-state index contributed by atoms with van der Waals surface area (Å²) in [6, 6.07) is 11.7. The molecule has 1 amide bonds. The van der Waals surface area contributed by atoms with Gasteiger partial charge in [0.15, 0.2) is 23.1 Å². The molecule has 0 atom stereocenters. The van der Waals surface area contributed by atoms with E-state index in [0.717, 1.165) is 22.8 Å². The minimum Gasteiger partial charge on any atom is -0.453 e. The number of hydrogen-bond acceptors (Lipinski definition) is 7. The summed E-state index contributed by atoms with van der Waals surface area (Å²) < 4.78 is 42.4. The van der Waals surface area contributed by atoms with Crippen LogP contribution in [0.2, 0.25) is 0 Å². The molecular weight excluding hydrogens is 552 g/mol. The van der Waals surface area contributed by atoms with Gasteiger partial charge in [0.25, 0.3) is 5.56 Å². The number of aromatic nitrogens is 4. The predicted molar refractivity (Wildman–Crippen MR) is 148 cm³/mol. The number of fused-ring (bicyclic) bond motifs is 1. The quantitative estimate of drug-likeness (QED) is 0.273. The fourth-order valence-corrected chi connectivity index (χ4v) is 4.29. The lowest BCUT2D eigenvalue weighted by Crippen LogP contribution is -2.41. The Bertz CT molecular complexity index is 1950. The smallest absolute Gasteiger partial charge is 0.411 e. The molecule has 0 unspecified atom stereocenters. The maximum atomic E-state index is 15.2. The van der Waals surface area contributed by atoms with E-state index < -0.39 is 34.8 Å². The second-order valence-corrected chi connectivity index (χ2v) is 9.07. The summed E-state index contributed by atoms with van der Waals surface area (Å²) in [7, 11) is 1.21. The van der Waals surface area contributed by atoms with Gasteiger partial charge in [0.05, 0.1) is 30.9 Å². The van der Waals surface area contributed by atoms with Gasteiger partial charge in [-0.05, 0) is 55.0 Å². The van der Waals surface area contributed by atoms with Crippen LogP contribution in [0, 0.1) is 11.6 Å². The van der Waals surface area contributed by atoms with Gasteiger partial charge in [-0.25, -0.2) is 27.5 Å². The van der Waals surface area contributed by atoms with Gasteiger partial charge in [-0.1, -0.05) is 6.07 Å². The van der Waals surface area contributed by atoms with Crippen LogP contribution in [0.15, 0.2) is 82.8 Å². The van der Waals surface area contributed by atoms with E-state index in [0.29, 0.717) is 5.52 Å². The van der Waals surface area contributed by atoms with Gasteiger partial charge in [-0.2, -0.15) is 5.10 Å². The summed E-state index contributed by atoms with van der Waals surface area (Å²) in [5.74, 6) is -1.96. The summed E-state index contributed by atoms with van der Waals surface area (Å²) in [6.45, 7) is 1.84. The molecule has 0 aliphatic rings. The third kappa shape index (κ3) is 5.52. The fourth-order valence-electron chi connectivity index (χ4n) is 4.29. The fraction of sp³-hybridized carbons (Fsp3) is 0.138. The van der Waals surface area contributed by atoms with Crippen LogP contribution < -0.4 is 21.3 Å². The van der Waals surface area contributed by atoms with E-state index in [2.05, 4.69) is 15.2 Å². The minimum absolute atomic E-state index is 0.106. The zero-order valence-corrected chi connectivity index (χ0v) is 22.3. The second-order valence-electron chi connectivity index (χ2n) is 9.07. The van der Waals surface area contributed by atoms with Crippen molar-refractivity contribution in [3.05, 3.63) is 117 Å². The number of benzene rings is 2. The Morgan fingerprint density at radius 3 is 2.43 bits per heavy atom. The van der Waals surface area contributed by atoms with Gasteiger partial charge in [-0.15, -0.1) is 0 Å². The molecule has 2 aromatic carbocycles. The molecule has 3 heterocycles.